The summed E-state index contributed by atoms with van der Waals surface area (Å²) < 4.78 is 5.47. The average Bonchev–Trinajstić information content (AvgIpc) is 2.25. The summed E-state index contributed by atoms with van der Waals surface area (Å²) in [6.45, 7) is 6.13. The summed E-state index contributed by atoms with van der Waals surface area (Å²) in [5.74, 6) is 0.585. The molecule has 1 heteroatoms. The van der Waals surface area contributed by atoms with Crippen LogP contribution in [0.3, 0.4) is 0 Å². The van der Waals surface area contributed by atoms with Crippen LogP contribution >= 0.6 is 0 Å². The van der Waals surface area contributed by atoms with Crippen molar-refractivity contribution in [2.24, 2.45) is 0 Å². The molecule has 0 aromatic heterocycles. The topological polar surface area (TPSA) is 9.23 Å². The summed E-state index contributed by atoms with van der Waals surface area (Å²) in [6, 6.07) is 11.2. The van der Waals surface area contributed by atoms with Crippen molar-refractivity contribution in [3.63, 3.8) is 0 Å². The highest BCUT2D eigenvalue weighted by Gasteiger charge is 2.03. The standard InChI is InChI=1S/C13H19O/c1-3-10-14-11-9-12(2)13-7-5-4-6-8-13/h5-8,12H,3,9-11H2,1-2H3. The lowest BCUT2D eigenvalue weighted by Crippen LogP contribution is -2.01. The molecule has 0 aliphatic carbocycles. The Kier molecular flexibility index (Phi) is 5.31. The van der Waals surface area contributed by atoms with Gasteiger partial charge in [0.1, 0.15) is 0 Å². The predicted molar refractivity (Wildman–Crippen MR) is 59.4 cm³/mol. The molecule has 1 aromatic rings. The van der Waals surface area contributed by atoms with Gasteiger partial charge in [-0.3, -0.25) is 0 Å². The fourth-order valence-electron chi connectivity index (χ4n) is 1.40. The van der Waals surface area contributed by atoms with E-state index >= 15 is 0 Å². The summed E-state index contributed by atoms with van der Waals surface area (Å²) in [5, 5.41) is 0. The average molecular weight is 191 g/mol. The molecule has 1 unspecified atom stereocenters. The molecule has 0 N–H and O–H groups in total. The number of hydrogen-bond acceptors (Lipinski definition) is 1. The van der Waals surface area contributed by atoms with E-state index in [1.54, 1.807) is 0 Å². The lowest BCUT2D eigenvalue weighted by atomic mass is 9.98. The van der Waals surface area contributed by atoms with Crippen molar-refractivity contribution >= 4 is 0 Å². The van der Waals surface area contributed by atoms with Crippen molar-refractivity contribution < 1.29 is 4.74 Å². The minimum absolute atomic E-state index is 0.585. The summed E-state index contributed by atoms with van der Waals surface area (Å²) in [5.41, 5.74) is 1.38. The number of hydrogen-bond donors (Lipinski definition) is 0. The minimum Gasteiger partial charge on any atom is -0.381 e. The molecule has 1 radical (unpaired) electrons. The Morgan fingerprint density at radius 1 is 1.29 bits per heavy atom. The van der Waals surface area contributed by atoms with Gasteiger partial charge in [0, 0.05) is 13.2 Å². The first-order chi connectivity index (χ1) is 6.84. The van der Waals surface area contributed by atoms with E-state index in [2.05, 4.69) is 32.0 Å². The molecule has 0 heterocycles. The molecular formula is C13H19O. The second-order valence-corrected chi connectivity index (χ2v) is 3.64. The zero-order valence-electron chi connectivity index (χ0n) is 9.12. The first-order valence-electron chi connectivity index (χ1n) is 5.38. The monoisotopic (exact) mass is 191 g/mol. The van der Waals surface area contributed by atoms with Crippen LogP contribution in [0.4, 0.5) is 0 Å². The largest absolute Gasteiger partial charge is 0.381 e. The molecule has 0 spiro atoms. The van der Waals surface area contributed by atoms with Gasteiger partial charge in [-0.1, -0.05) is 38.1 Å². The Morgan fingerprint density at radius 2 is 2.00 bits per heavy atom. The fraction of sp³-hybridized carbons (Fsp3) is 0.538. The van der Waals surface area contributed by atoms with Gasteiger partial charge < -0.3 is 4.74 Å². The van der Waals surface area contributed by atoms with E-state index in [9.17, 15) is 0 Å². The third-order valence-corrected chi connectivity index (χ3v) is 2.36. The van der Waals surface area contributed by atoms with Crippen molar-refractivity contribution in [3.05, 3.63) is 35.9 Å². The molecule has 1 atom stereocenters. The Hall–Kier alpha value is -0.820. The van der Waals surface area contributed by atoms with Crippen molar-refractivity contribution in [2.45, 2.75) is 32.6 Å². The van der Waals surface area contributed by atoms with E-state index in [-0.39, 0.29) is 0 Å². The van der Waals surface area contributed by atoms with Crippen LogP contribution in [0, 0.1) is 6.07 Å². The second kappa shape index (κ2) is 6.61. The number of ether oxygens (including phenoxy) is 1. The van der Waals surface area contributed by atoms with Crippen LogP contribution in [0.2, 0.25) is 0 Å². The SMILES string of the molecule is CCCOCCC(C)c1cc[c]cc1. The molecule has 1 rings (SSSR count). The van der Waals surface area contributed by atoms with Gasteiger partial charge in [0.15, 0.2) is 0 Å². The smallest absolute Gasteiger partial charge is 0.0471 e. The van der Waals surface area contributed by atoms with Gasteiger partial charge in [0.05, 0.1) is 0 Å². The number of rotatable bonds is 6. The molecule has 77 valence electrons. The molecule has 1 nitrogen and oxygen atoms in total. The molecule has 0 fully saturated rings. The first kappa shape index (κ1) is 11.3. The van der Waals surface area contributed by atoms with E-state index in [0.29, 0.717) is 5.92 Å². The van der Waals surface area contributed by atoms with Crippen LogP contribution in [0.25, 0.3) is 0 Å². The Morgan fingerprint density at radius 3 is 2.64 bits per heavy atom. The van der Waals surface area contributed by atoms with Gasteiger partial charge in [-0.2, -0.15) is 0 Å². The minimum atomic E-state index is 0.585. The predicted octanol–water partition coefficient (Wildman–Crippen LogP) is 3.41. The molecule has 0 bridgehead atoms. The van der Waals surface area contributed by atoms with Crippen molar-refractivity contribution in [2.75, 3.05) is 13.2 Å². The van der Waals surface area contributed by atoms with E-state index in [1.165, 1.54) is 5.56 Å². The third kappa shape index (κ3) is 3.93. The summed E-state index contributed by atoms with van der Waals surface area (Å²) in [7, 11) is 0. The van der Waals surface area contributed by atoms with Crippen LogP contribution in [0.1, 0.15) is 38.2 Å². The molecule has 14 heavy (non-hydrogen) atoms. The van der Waals surface area contributed by atoms with E-state index in [0.717, 1.165) is 26.1 Å². The van der Waals surface area contributed by atoms with Crippen LogP contribution in [0.15, 0.2) is 24.3 Å². The number of benzene rings is 1. The summed E-state index contributed by atoms with van der Waals surface area (Å²) in [6.07, 6.45) is 2.21. The van der Waals surface area contributed by atoms with Gasteiger partial charge in [-0.05, 0) is 30.4 Å². The van der Waals surface area contributed by atoms with Crippen molar-refractivity contribution in [1.82, 2.24) is 0 Å². The van der Waals surface area contributed by atoms with Gasteiger partial charge >= 0.3 is 0 Å². The van der Waals surface area contributed by atoms with Gasteiger partial charge in [0.25, 0.3) is 0 Å². The Labute approximate surface area is 87.1 Å². The summed E-state index contributed by atoms with van der Waals surface area (Å²) >= 11 is 0. The maximum absolute atomic E-state index is 5.47. The van der Waals surface area contributed by atoms with Crippen molar-refractivity contribution in [3.8, 4) is 0 Å². The molecule has 0 saturated heterocycles. The van der Waals surface area contributed by atoms with Crippen molar-refractivity contribution in [1.29, 1.82) is 0 Å². The summed E-state index contributed by atoms with van der Waals surface area (Å²) in [4.78, 5) is 0. The first-order valence-corrected chi connectivity index (χ1v) is 5.38. The highest BCUT2D eigenvalue weighted by atomic mass is 16.5. The molecule has 0 aliphatic heterocycles. The zero-order chi connectivity index (χ0) is 10.2. The lowest BCUT2D eigenvalue weighted by molar-refractivity contribution is 0.128. The highest BCUT2D eigenvalue weighted by molar-refractivity contribution is 5.17. The van der Waals surface area contributed by atoms with Gasteiger partial charge in [0.2, 0.25) is 0 Å². The van der Waals surface area contributed by atoms with Crippen LogP contribution in [-0.2, 0) is 4.74 Å². The third-order valence-electron chi connectivity index (χ3n) is 2.36. The molecule has 0 saturated carbocycles. The maximum Gasteiger partial charge on any atom is 0.0471 e. The Balaban J connectivity index is 2.25. The van der Waals surface area contributed by atoms with Gasteiger partial charge in [-0.25, -0.2) is 0 Å². The second-order valence-electron chi connectivity index (χ2n) is 3.64. The molecule has 1 aromatic carbocycles. The lowest BCUT2D eigenvalue weighted by Gasteiger charge is -2.11. The fourth-order valence-corrected chi connectivity index (χ4v) is 1.40. The quantitative estimate of drug-likeness (QED) is 0.626. The van der Waals surface area contributed by atoms with Crippen LogP contribution in [0.5, 0.6) is 0 Å². The van der Waals surface area contributed by atoms with Crippen LogP contribution in [-0.4, -0.2) is 13.2 Å². The molecule has 0 amide bonds. The zero-order valence-corrected chi connectivity index (χ0v) is 9.12. The van der Waals surface area contributed by atoms with E-state index < -0.39 is 0 Å². The Bertz CT molecular complexity index is 230. The van der Waals surface area contributed by atoms with E-state index in [4.69, 9.17) is 4.74 Å². The maximum atomic E-state index is 5.47. The van der Waals surface area contributed by atoms with Crippen LogP contribution < -0.4 is 0 Å². The highest BCUT2D eigenvalue weighted by Crippen LogP contribution is 2.17. The molecular weight excluding hydrogens is 172 g/mol. The van der Waals surface area contributed by atoms with Gasteiger partial charge in [-0.15, -0.1) is 0 Å². The molecule has 0 aliphatic rings. The van der Waals surface area contributed by atoms with E-state index in [1.807, 2.05) is 12.1 Å². The normalized spacial score (nSPS) is 12.7.